The molecule has 156 valence electrons. The number of methoxy groups -OCH3 is 1. The second kappa shape index (κ2) is 8.06. The van der Waals surface area contributed by atoms with Gasteiger partial charge in [0.1, 0.15) is 0 Å². The Morgan fingerprint density at radius 1 is 1.23 bits per heavy atom. The van der Waals surface area contributed by atoms with Crippen molar-refractivity contribution in [1.29, 1.82) is 0 Å². The Kier molecular flexibility index (Phi) is 5.46. The molecule has 1 aliphatic rings. The van der Waals surface area contributed by atoms with Crippen LogP contribution in [-0.4, -0.2) is 28.6 Å². The summed E-state index contributed by atoms with van der Waals surface area (Å²) in [5.41, 5.74) is 0.447. The normalized spacial score (nSPS) is 16.1. The molecule has 0 spiro atoms. The lowest BCUT2D eigenvalue weighted by Gasteiger charge is -2.25. The average molecular weight is 433 g/mol. The largest absolute Gasteiger partial charge is 0.493 e. The number of carbonyl (C=O) groups is 1. The van der Waals surface area contributed by atoms with Crippen LogP contribution in [0.5, 0.6) is 5.75 Å². The van der Waals surface area contributed by atoms with Crippen LogP contribution in [0.2, 0.25) is 0 Å². The van der Waals surface area contributed by atoms with Gasteiger partial charge in [-0.25, -0.2) is 4.68 Å². The first-order chi connectivity index (χ1) is 14.4. The molecule has 4 rings (SSSR count). The van der Waals surface area contributed by atoms with Gasteiger partial charge in [0.2, 0.25) is 0 Å². The zero-order valence-corrected chi connectivity index (χ0v) is 16.8. The Labute approximate surface area is 175 Å². The van der Waals surface area contributed by atoms with Crippen molar-refractivity contribution in [2.24, 2.45) is 0 Å². The third kappa shape index (κ3) is 4.02. The third-order valence-electron chi connectivity index (χ3n) is 4.82. The SMILES string of the molecule is COc1cn(-c2cccc(C(F)(F)F)c2)nc1C(=O)N[C@H]1CCSc2ccccc21. The number of aromatic nitrogens is 2. The highest BCUT2D eigenvalue weighted by atomic mass is 32.2. The van der Waals surface area contributed by atoms with Gasteiger partial charge in [-0.1, -0.05) is 24.3 Å². The number of alkyl halides is 3. The molecule has 30 heavy (non-hydrogen) atoms. The van der Waals surface area contributed by atoms with Crippen molar-refractivity contribution in [3.8, 4) is 11.4 Å². The van der Waals surface area contributed by atoms with Crippen molar-refractivity contribution >= 4 is 17.7 Å². The maximum Gasteiger partial charge on any atom is 0.416 e. The number of halogens is 3. The van der Waals surface area contributed by atoms with E-state index >= 15 is 0 Å². The maximum absolute atomic E-state index is 13.0. The molecule has 2 heterocycles. The van der Waals surface area contributed by atoms with Gasteiger partial charge in [0.15, 0.2) is 11.4 Å². The highest BCUT2D eigenvalue weighted by Gasteiger charge is 2.31. The Morgan fingerprint density at radius 2 is 2.03 bits per heavy atom. The molecule has 0 saturated carbocycles. The van der Waals surface area contributed by atoms with Gasteiger partial charge in [0.25, 0.3) is 5.91 Å². The van der Waals surface area contributed by atoms with Crippen LogP contribution in [0.4, 0.5) is 13.2 Å². The zero-order valence-electron chi connectivity index (χ0n) is 15.9. The van der Waals surface area contributed by atoms with Crippen molar-refractivity contribution in [2.75, 3.05) is 12.9 Å². The van der Waals surface area contributed by atoms with Crippen molar-refractivity contribution in [3.63, 3.8) is 0 Å². The molecule has 0 aliphatic carbocycles. The minimum absolute atomic E-state index is 0.0191. The van der Waals surface area contributed by atoms with Crippen LogP contribution < -0.4 is 10.1 Å². The van der Waals surface area contributed by atoms with Gasteiger partial charge in [0, 0.05) is 10.6 Å². The Balaban J connectivity index is 1.62. The first kappa shape index (κ1) is 20.3. The summed E-state index contributed by atoms with van der Waals surface area (Å²) in [5, 5.41) is 7.18. The number of thioether (sulfide) groups is 1. The number of nitrogens with one attached hydrogen (secondary N) is 1. The monoisotopic (exact) mass is 433 g/mol. The summed E-state index contributed by atoms with van der Waals surface area (Å²) in [4.78, 5) is 14.0. The summed E-state index contributed by atoms with van der Waals surface area (Å²) in [6.07, 6.45) is -2.31. The van der Waals surface area contributed by atoms with Crippen LogP contribution in [0.25, 0.3) is 5.69 Å². The topological polar surface area (TPSA) is 56.2 Å². The van der Waals surface area contributed by atoms with Crippen molar-refractivity contribution < 1.29 is 22.7 Å². The zero-order chi connectivity index (χ0) is 21.3. The number of carbonyl (C=O) groups excluding carboxylic acids is 1. The molecule has 2 aromatic carbocycles. The second-order valence-corrected chi connectivity index (χ2v) is 7.88. The van der Waals surface area contributed by atoms with Gasteiger partial charge in [-0.05, 0) is 36.2 Å². The number of rotatable bonds is 4. The number of amides is 1. The van der Waals surface area contributed by atoms with E-state index in [9.17, 15) is 18.0 Å². The number of fused-ring (bicyclic) bond motifs is 1. The summed E-state index contributed by atoms with van der Waals surface area (Å²) in [5.74, 6) is 0.616. The number of hydrogen-bond acceptors (Lipinski definition) is 4. The van der Waals surface area contributed by atoms with E-state index in [-0.39, 0.29) is 23.2 Å². The molecule has 1 N–H and O–H groups in total. The molecule has 9 heteroatoms. The average Bonchev–Trinajstić information content (AvgIpc) is 3.18. The number of hydrogen-bond donors (Lipinski definition) is 1. The smallest absolute Gasteiger partial charge is 0.416 e. The van der Waals surface area contributed by atoms with Gasteiger partial charge < -0.3 is 10.1 Å². The molecule has 3 aromatic rings. The van der Waals surface area contributed by atoms with Crippen LogP contribution in [-0.2, 0) is 6.18 Å². The minimum Gasteiger partial charge on any atom is -0.493 e. The van der Waals surface area contributed by atoms with Crippen LogP contribution in [0.15, 0.2) is 59.6 Å². The molecule has 0 fully saturated rings. The highest BCUT2D eigenvalue weighted by molar-refractivity contribution is 7.99. The molecule has 0 radical (unpaired) electrons. The van der Waals surface area contributed by atoms with E-state index in [1.807, 2.05) is 24.3 Å². The Hall–Kier alpha value is -2.94. The minimum atomic E-state index is -4.47. The molecule has 0 unspecified atom stereocenters. The summed E-state index contributed by atoms with van der Waals surface area (Å²) in [6, 6.07) is 12.4. The maximum atomic E-state index is 13.0. The van der Waals surface area contributed by atoms with Gasteiger partial charge in [-0.15, -0.1) is 11.8 Å². The molecular formula is C21H18F3N3O2S. The standard InChI is InChI=1S/C21H18F3N3O2S/c1-29-17-12-27(14-6-4-5-13(11-14)21(22,23)24)26-19(17)20(28)25-16-9-10-30-18-8-3-2-7-15(16)18/h2-8,11-12,16H,9-10H2,1H3,(H,25,28)/t16-/m0/s1. The Bertz CT molecular complexity index is 1080. The third-order valence-corrected chi connectivity index (χ3v) is 5.94. The fraction of sp³-hybridized carbons (Fsp3) is 0.238. The van der Waals surface area contributed by atoms with Crippen LogP contribution >= 0.6 is 11.8 Å². The fourth-order valence-electron chi connectivity index (χ4n) is 3.34. The molecular weight excluding hydrogens is 415 g/mol. The number of nitrogens with zero attached hydrogens (tertiary/aromatic N) is 2. The Morgan fingerprint density at radius 3 is 2.80 bits per heavy atom. The molecule has 1 amide bonds. The van der Waals surface area contributed by atoms with E-state index in [4.69, 9.17) is 4.74 Å². The second-order valence-electron chi connectivity index (χ2n) is 6.74. The van der Waals surface area contributed by atoms with Crippen LogP contribution in [0, 0.1) is 0 Å². The van der Waals surface area contributed by atoms with Gasteiger partial charge in [-0.2, -0.15) is 18.3 Å². The summed E-state index contributed by atoms with van der Waals surface area (Å²) in [7, 11) is 1.39. The van der Waals surface area contributed by atoms with Gasteiger partial charge >= 0.3 is 6.18 Å². The van der Waals surface area contributed by atoms with Crippen LogP contribution in [0.3, 0.4) is 0 Å². The van der Waals surface area contributed by atoms with Crippen molar-refractivity contribution in [1.82, 2.24) is 15.1 Å². The van der Waals surface area contributed by atoms with E-state index in [1.165, 1.54) is 30.1 Å². The lowest BCUT2D eigenvalue weighted by atomic mass is 10.0. The molecule has 5 nitrogen and oxygen atoms in total. The van der Waals surface area contributed by atoms with Gasteiger partial charge in [-0.3, -0.25) is 4.79 Å². The first-order valence-electron chi connectivity index (χ1n) is 9.20. The fourth-order valence-corrected chi connectivity index (χ4v) is 4.47. The van der Waals surface area contributed by atoms with E-state index in [2.05, 4.69) is 10.4 Å². The lowest BCUT2D eigenvalue weighted by Crippen LogP contribution is -2.31. The number of benzene rings is 2. The van der Waals surface area contributed by atoms with E-state index in [0.717, 1.165) is 34.8 Å². The number of ether oxygens (including phenoxy) is 1. The van der Waals surface area contributed by atoms with Gasteiger partial charge in [0.05, 0.1) is 30.6 Å². The summed E-state index contributed by atoms with van der Waals surface area (Å²) < 4.78 is 45.5. The summed E-state index contributed by atoms with van der Waals surface area (Å²) >= 11 is 1.74. The first-order valence-corrected chi connectivity index (χ1v) is 10.2. The van der Waals surface area contributed by atoms with E-state index < -0.39 is 17.6 Å². The van der Waals surface area contributed by atoms with Crippen LogP contribution in [0.1, 0.15) is 34.1 Å². The predicted octanol–water partition coefficient (Wildman–Crippen LogP) is 4.87. The molecule has 0 saturated heterocycles. The summed E-state index contributed by atoms with van der Waals surface area (Å²) in [6.45, 7) is 0. The molecule has 1 aliphatic heterocycles. The van der Waals surface area contributed by atoms with Crippen molar-refractivity contribution in [2.45, 2.75) is 23.5 Å². The molecule has 1 atom stereocenters. The predicted molar refractivity (Wildman–Crippen MR) is 107 cm³/mol. The lowest BCUT2D eigenvalue weighted by molar-refractivity contribution is -0.137. The van der Waals surface area contributed by atoms with E-state index in [0.29, 0.717) is 0 Å². The highest BCUT2D eigenvalue weighted by Crippen LogP contribution is 2.36. The quantitative estimate of drug-likeness (QED) is 0.638. The van der Waals surface area contributed by atoms with E-state index in [1.54, 1.807) is 11.8 Å². The molecule has 1 aromatic heterocycles. The van der Waals surface area contributed by atoms with Crippen molar-refractivity contribution in [3.05, 3.63) is 71.5 Å². The molecule has 0 bridgehead atoms.